The Labute approximate surface area is 121 Å². The molecule has 0 aromatic carbocycles. The van der Waals surface area contributed by atoms with Crippen molar-refractivity contribution in [2.24, 2.45) is 17.8 Å². The van der Waals surface area contributed by atoms with Crippen molar-refractivity contribution in [1.29, 1.82) is 0 Å². The minimum absolute atomic E-state index is 0.0868. The molecular formula is C16H26N2O2. The third kappa shape index (κ3) is 2.57. The molecule has 2 unspecified atom stereocenters. The first-order valence-electron chi connectivity index (χ1n) is 8.18. The lowest BCUT2D eigenvalue weighted by molar-refractivity contribution is -0.152. The van der Waals surface area contributed by atoms with Crippen LogP contribution in [0.25, 0.3) is 0 Å². The van der Waals surface area contributed by atoms with Crippen molar-refractivity contribution in [3.63, 3.8) is 0 Å². The summed E-state index contributed by atoms with van der Waals surface area (Å²) in [7, 11) is 0. The molecule has 2 amide bonds. The number of piperazine rings is 1. The van der Waals surface area contributed by atoms with Gasteiger partial charge in [-0.2, -0.15) is 0 Å². The molecule has 1 N–H and O–H groups in total. The van der Waals surface area contributed by atoms with Crippen molar-refractivity contribution in [2.75, 3.05) is 6.54 Å². The lowest BCUT2D eigenvalue weighted by Crippen LogP contribution is -2.65. The normalized spacial score (nSPS) is 32.0. The van der Waals surface area contributed by atoms with E-state index in [-0.39, 0.29) is 29.8 Å². The Hall–Kier alpha value is -1.06. The van der Waals surface area contributed by atoms with Gasteiger partial charge in [0.15, 0.2) is 0 Å². The van der Waals surface area contributed by atoms with E-state index in [4.69, 9.17) is 0 Å². The van der Waals surface area contributed by atoms with E-state index < -0.39 is 0 Å². The lowest BCUT2D eigenvalue weighted by atomic mass is 9.94. The van der Waals surface area contributed by atoms with Crippen LogP contribution in [0.15, 0.2) is 0 Å². The van der Waals surface area contributed by atoms with Crippen LogP contribution in [0.2, 0.25) is 0 Å². The minimum Gasteiger partial charge on any atom is -0.342 e. The first-order valence-corrected chi connectivity index (χ1v) is 8.18. The van der Waals surface area contributed by atoms with Gasteiger partial charge in [0, 0.05) is 6.54 Å². The van der Waals surface area contributed by atoms with E-state index in [0.717, 1.165) is 19.4 Å². The highest BCUT2D eigenvalue weighted by atomic mass is 16.2. The summed E-state index contributed by atoms with van der Waals surface area (Å²) >= 11 is 0. The van der Waals surface area contributed by atoms with Crippen molar-refractivity contribution in [2.45, 2.75) is 64.5 Å². The van der Waals surface area contributed by atoms with Gasteiger partial charge < -0.3 is 10.2 Å². The van der Waals surface area contributed by atoms with Gasteiger partial charge in [0.25, 0.3) is 0 Å². The van der Waals surface area contributed by atoms with Gasteiger partial charge in [-0.1, -0.05) is 26.7 Å². The molecule has 2 aliphatic carbocycles. The maximum Gasteiger partial charge on any atom is 0.246 e. The zero-order valence-electron chi connectivity index (χ0n) is 12.6. The largest absolute Gasteiger partial charge is 0.342 e. The highest BCUT2D eigenvalue weighted by Gasteiger charge is 2.48. The molecule has 3 aliphatic rings. The van der Waals surface area contributed by atoms with Crippen LogP contribution >= 0.6 is 0 Å². The van der Waals surface area contributed by atoms with Crippen LogP contribution in [0.3, 0.4) is 0 Å². The number of nitrogens with one attached hydrogen (secondary N) is 1. The number of rotatable bonds is 4. The second-order valence-electron chi connectivity index (χ2n) is 7.15. The standard InChI is InChI=1S/C16H26N2O2/c1-10(2)13-16(20)18(9-11-5-3-4-6-11)14(12-7-8-12)15(19)17-13/h10-14H,3-9H2,1-2H3,(H,17,19). The molecule has 1 heterocycles. The molecule has 0 radical (unpaired) electrons. The van der Waals surface area contributed by atoms with Gasteiger partial charge in [-0.05, 0) is 43.4 Å². The number of amides is 2. The fourth-order valence-electron chi connectivity index (χ4n) is 3.76. The number of carbonyl (C=O) groups is 2. The monoisotopic (exact) mass is 278 g/mol. The van der Waals surface area contributed by atoms with Gasteiger partial charge in [0.1, 0.15) is 12.1 Å². The summed E-state index contributed by atoms with van der Waals surface area (Å²) in [5, 5.41) is 2.96. The van der Waals surface area contributed by atoms with Gasteiger partial charge in [0.2, 0.25) is 11.8 Å². The Bertz CT molecular complexity index is 397. The van der Waals surface area contributed by atoms with Crippen molar-refractivity contribution < 1.29 is 9.59 Å². The van der Waals surface area contributed by atoms with Crippen molar-refractivity contribution in [1.82, 2.24) is 10.2 Å². The quantitative estimate of drug-likeness (QED) is 0.854. The summed E-state index contributed by atoms with van der Waals surface area (Å²) in [5.74, 6) is 1.43. The molecule has 112 valence electrons. The first-order chi connectivity index (χ1) is 9.58. The van der Waals surface area contributed by atoms with Crippen molar-refractivity contribution in [3.8, 4) is 0 Å². The Morgan fingerprint density at radius 2 is 1.80 bits per heavy atom. The van der Waals surface area contributed by atoms with Gasteiger partial charge in [-0.3, -0.25) is 9.59 Å². The Kier molecular flexibility index (Phi) is 3.74. The molecule has 2 atom stereocenters. The third-order valence-electron chi connectivity index (χ3n) is 5.12. The highest BCUT2D eigenvalue weighted by Crippen LogP contribution is 2.38. The molecular weight excluding hydrogens is 252 g/mol. The minimum atomic E-state index is -0.320. The molecule has 0 spiro atoms. The van der Waals surface area contributed by atoms with Gasteiger partial charge in [0.05, 0.1) is 0 Å². The summed E-state index contributed by atoms with van der Waals surface area (Å²) in [6.07, 6.45) is 7.18. The van der Waals surface area contributed by atoms with E-state index in [0.29, 0.717) is 11.8 Å². The summed E-state index contributed by atoms with van der Waals surface area (Å²) in [5.41, 5.74) is 0. The maximum atomic E-state index is 12.8. The smallest absolute Gasteiger partial charge is 0.246 e. The zero-order valence-corrected chi connectivity index (χ0v) is 12.6. The predicted molar refractivity (Wildman–Crippen MR) is 77.0 cm³/mol. The molecule has 3 fully saturated rings. The molecule has 4 nitrogen and oxygen atoms in total. The summed E-state index contributed by atoms with van der Waals surface area (Å²) in [4.78, 5) is 27.1. The van der Waals surface area contributed by atoms with E-state index >= 15 is 0 Å². The average Bonchev–Trinajstić information content (AvgIpc) is 3.09. The molecule has 0 bridgehead atoms. The summed E-state index contributed by atoms with van der Waals surface area (Å²) < 4.78 is 0. The van der Waals surface area contributed by atoms with Crippen LogP contribution in [-0.4, -0.2) is 35.3 Å². The fraction of sp³-hybridized carbons (Fsp3) is 0.875. The number of hydrogen-bond donors (Lipinski definition) is 1. The van der Waals surface area contributed by atoms with Gasteiger partial charge >= 0.3 is 0 Å². The van der Waals surface area contributed by atoms with Crippen LogP contribution in [-0.2, 0) is 9.59 Å². The number of carbonyl (C=O) groups excluding carboxylic acids is 2. The van der Waals surface area contributed by atoms with Crippen molar-refractivity contribution in [3.05, 3.63) is 0 Å². The van der Waals surface area contributed by atoms with Crippen molar-refractivity contribution >= 4 is 11.8 Å². The van der Waals surface area contributed by atoms with E-state index in [9.17, 15) is 9.59 Å². The number of nitrogens with zero attached hydrogens (tertiary/aromatic N) is 1. The van der Waals surface area contributed by atoms with Crippen LogP contribution < -0.4 is 5.32 Å². The molecule has 1 saturated heterocycles. The summed E-state index contributed by atoms with van der Waals surface area (Å²) in [6, 6.07) is -0.503. The molecule has 20 heavy (non-hydrogen) atoms. The molecule has 0 aromatic rings. The molecule has 4 heteroatoms. The lowest BCUT2D eigenvalue weighted by Gasteiger charge is -2.41. The van der Waals surface area contributed by atoms with E-state index in [1.165, 1.54) is 25.7 Å². The van der Waals surface area contributed by atoms with E-state index in [2.05, 4.69) is 5.32 Å². The van der Waals surface area contributed by atoms with Crippen LogP contribution in [0.5, 0.6) is 0 Å². The Morgan fingerprint density at radius 1 is 1.15 bits per heavy atom. The van der Waals surface area contributed by atoms with Crippen LogP contribution in [0.4, 0.5) is 0 Å². The third-order valence-corrected chi connectivity index (χ3v) is 5.12. The van der Waals surface area contributed by atoms with Gasteiger partial charge in [-0.25, -0.2) is 0 Å². The predicted octanol–water partition coefficient (Wildman–Crippen LogP) is 1.94. The van der Waals surface area contributed by atoms with E-state index in [1.54, 1.807) is 0 Å². The second-order valence-corrected chi connectivity index (χ2v) is 7.15. The summed E-state index contributed by atoms with van der Waals surface area (Å²) in [6.45, 7) is 4.82. The van der Waals surface area contributed by atoms with Crippen LogP contribution in [0, 0.1) is 17.8 Å². The SMILES string of the molecule is CC(C)C1NC(=O)C(C2CC2)N(CC2CCCC2)C1=O. The highest BCUT2D eigenvalue weighted by molar-refractivity contribution is 5.97. The Balaban J connectivity index is 1.78. The van der Waals surface area contributed by atoms with E-state index in [1.807, 2.05) is 18.7 Å². The van der Waals surface area contributed by atoms with Crippen LogP contribution in [0.1, 0.15) is 52.4 Å². The topological polar surface area (TPSA) is 49.4 Å². The maximum absolute atomic E-state index is 12.8. The molecule has 0 aromatic heterocycles. The zero-order chi connectivity index (χ0) is 14.3. The average molecular weight is 278 g/mol. The second kappa shape index (κ2) is 5.38. The molecule has 2 saturated carbocycles. The first kappa shape index (κ1) is 13.9. The molecule has 1 aliphatic heterocycles. The number of hydrogen-bond acceptors (Lipinski definition) is 2. The Morgan fingerprint density at radius 3 is 2.35 bits per heavy atom. The van der Waals surface area contributed by atoms with Gasteiger partial charge in [-0.15, -0.1) is 0 Å². The fourth-order valence-corrected chi connectivity index (χ4v) is 3.76. The molecule has 3 rings (SSSR count).